The lowest BCUT2D eigenvalue weighted by atomic mass is 9.43. The van der Waals surface area contributed by atoms with Crippen LogP contribution in [0.5, 0.6) is 0 Å². The Labute approximate surface area is 114 Å². The highest BCUT2D eigenvalue weighted by molar-refractivity contribution is 5.18. The van der Waals surface area contributed by atoms with E-state index in [1.807, 2.05) is 0 Å². The molecule has 0 aromatic heterocycles. The van der Waals surface area contributed by atoms with Crippen molar-refractivity contribution in [2.45, 2.75) is 65.7 Å². The van der Waals surface area contributed by atoms with E-state index in [0.717, 1.165) is 18.3 Å². The summed E-state index contributed by atoms with van der Waals surface area (Å²) >= 11 is 0. The number of fused-ring (bicyclic) bond motifs is 1. The highest BCUT2D eigenvalue weighted by Gasteiger charge is 2.55. The maximum absolute atomic E-state index is 4.41. The Morgan fingerprint density at radius 2 is 2.00 bits per heavy atom. The molecule has 0 nitrogen and oxygen atoms in total. The van der Waals surface area contributed by atoms with Crippen LogP contribution in [0.2, 0.25) is 0 Å². The van der Waals surface area contributed by atoms with Crippen molar-refractivity contribution in [2.75, 3.05) is 0 Å². The van der Waals surface area contributed by atoms with E-state index in [4.69, 9.17) is 0 Å². The Bertz CT molecular complexity index is 340. The van der Waals surface area contributed by atoms with Crippen molar-refractivity contribution < 1.29 is 0 Å². The van der Waals surface area contributed by atoms with E-state index in [1.54, 1.807) is 0 Å². The molecule has 0 radical (unpaired) electrons. The molecule has 2 rings (SSSR count). The normalized spacial score (nSPS) is 44.5. The van der Waals surface area contributed by atoms with Gasteiger partial charge in [0, 0.05) is 0 Å². The molecule has 0 saturated heterocycles. The highest BCUT2D eigenvalue weighted by Crippen LogP contribution is 2.64. The first-order valence-corrected chi connectivity index (χ1v) is 7.74. The minimum Gasteiger partial charge on any atom is -0.103 e. The summed E-state index contributed by atoms with van der Waals surface area (Å²) in [4.78, 5) is 0. The lowest BCUT2D eigenvalue weighted by Crippen LogP contribution is -2.52. The average Bonchev–Trinajstić information content (AvgIpc) is 2.33. The van der Waals surface area contributed by atoms with Crippen LogP contribution >= 0.6 is 0 Å². The predicted octanol–water partition coefficient (Wildman–Crippen LogP) is 5.75. The van der Waals surface area contributed by atoms with Crippen molar-refractivity contribution in [1.82, 2.24) is 0 Å². The summed E-state index contributed by atoms with van der Waals surface area (Å²) in [6.07, 6.45) is 11.3. The predicted molar refractivity (Wildman–Crippen MR) is 80.5 cm³/mol. The van der Waals surface area contributed by atoms with Crippen molar-refractivity contribution in [1.29, 1.82) is 0 Å². The van der Waals surface area contributed by atoms with Crippen molar-refractivity contribution >= 4 is 0 Å². The third-order valence-electron chi connectivity index (χ3n) is 6.61. The molecule has 102 valence electrons. The van der Waals surface area contributed by atoms with Gasteiger partial charge in [-0.05, 0) is 54.8 Å². The first-order chi connectivity index (χ1) is 8.45. The second-order valence-corrected chi connectivity index (χ2v) is 7.21. The molecule has 2 aliphatic rings. The van der Waals surface area contributed by atoms with Gasteiger partial charge in [0.2, 0.25) is 0 Å². The first kappa shape index (κ1) is 13.9. The fourth-order valence-electron chi connectivity index (χ4n) is 4.90. The third kappa shape index (κ3) is 1.89. The summed E-state index contributed by atoms with van der Waals surface area (Å²) in [5.41, 5.74) is 2.52. The van der Waals surface area contributed by atoms with Gasteiger partial charge in [-0.3, -0.25) is 0 Å². The third-order valence-corrected chi connectivity index (χ3v) is 6.61. The zero-order chi connectivity index (χ0) is 13.4. The summed E-state index contributed by atoms with van der Waals surface area (Å²) < 4.78 is 0. The standard InChI is InChI=1S/C18H30/c1-6-7-10-16-14(2)11-13-17(4)15(3)9-8-12-18(16,17)5/h6,15-16H,1-2,7-13H2,3-5H3/t15-,16-,17+,18+/m0/s1. The minimum absolute atomic E-state index is 0.475. The zero-order valence-electron chi connectivity index (χ0n) is 12.6. The fraction of sp³-hybridized carbons (Fsp3) is 0.778. The average molecular weight is 246 g/mol. The van der Waals surface area contributed by atoms with Crippen LogP contribution in [0.1, 0.15) is 65.7 Å². The summed E-state index contributed by atoms with van der Waals surface area (Å²) in [6.45, 7) is 15.9. The van der Waals surface area contributed by atoms with Crippen molar-refractivity contribution in [3.8, 4) is 0 Å². The second-order valence-electron chi connectivity index (χ2n) is 7.21. The van der Waals surface area contributed by atoms with Crippen molar-refractivity contribution in [3.05, 3.63) is 24.8 Å². The molecule has 2 saturated carbocycles. The zero-order valence-corrected chi connectivity index (χ0v) is 12.6. The van der Waals surface area contributed by atoms with E-state index in [1.165, 1.54) is 44.1 Å². The molecule has 0 aliphatic heterocycles. The monoisotopic (exact) mass is 246 g/mol. The molecule has 0 unspecified atom stereocenters. The van der Waals surface area contributed by atoms with E-state index in [9.17, 15) is 0 Å². The van der Waals surface area contributed by atoms with Gasteiger partial charge in [-0.2, -0.15) is 0 Å². The quantitative estimate of drug-likeness (QED) is 0.556. The van der Waals surface area contributed by atoms with Gasteiger partial charge < -0.3 is 0 Å². The topological polar surface area (TPSA) is 0 Å². The van der Waals surface area contributed by atoms with Crippen LogP contribution in [-0.2, 0) is 0 Å². The first-order valence-electron chi connectivity index (χ1n) is 7.74. The molecule has 0 bridgehead atoms. The van der Waals surface area contributed by atoms with Crippen LogP contribution in [0.15, 0.2) is 24.8 Å². The van der Waals surface area contributed by atoms with Gasteiger partial charge in [0.25, 0.3) is 0 Å². The summed E-state index contributed by atoms with van der Waals surface area (Å²) in [6, 6.07) is 0. The molecule has 18 heavy (non-hydrogen) atoms. The van der Waals surface area contributed by atoms with Gasteiger partial charge in [0.05, 0.1) is 0 Å². The second kappa shape index (κ2) is 4.87. The molecule has 2 aliphatic carbocycles. The van der Waals surface area contributed by atoms with Gasteiger partial charge in [-0.15, -0.1) is 6.58 Å². The smallest absolute Gasteiger partial charge is 0.0144 e. The lowest BCUT2D eigenvalue weighted by molar-refractivity contribution is -0.0894. The number of rotatable bonds is 3. The number of hydrogen-bond donors (Lipinski definition) is 0. The van der Waals surface area contributed by atoms with E-state index in [-0.39, 0.29) is 0 Å². The molecule has 0 spiro atoms. The molecule has 0 heteroatoms. The van der Waals surface area contributed by atoms with Gasteiger partial charge in [0.1, 0.15) is 0 Å². The molecule has 0 amide bonds. The van der Waals surface area contributed by atoms with Crippen LogP contribution in [0.25, 0.3) is 0 Å². The lowest BCUT2D eigenvalue weighted by Gasteiger charge is -2.61. The van der Waals surface area contributed by atoms with Crippen LogP contribution < -0.4 is 0 Å². The minimum atomic E-state index is 0.475. The Balaban J connectivity index is 2.32. The summed E-state index contributed by atoms with van der Waals surface area (Å²) in [5.74, 6) is 1.59. The number of allylic oxidation sites excluding steroid dienone is 2. The largest absolute Gasteiger partial charge is 0.103 e. The number of hydrogen-bond acceptors (Lipinski definition) is 0. The molecular weight excluding hydrogens is 216 g/mol. The van der Waals surface area contributed by atoms with E-state index >= 15 is 0 Å². The Kier molecular flexibility index (Phi) is 3.76. The van der Waals surface area contributed by atoms with E-state index < -0.39 is 0 Å². The summed E-state index contributed by atoms with van der Waals surface area (Å²) in [5, 5.41) is 0. The van der Waals surface area contributed by atoms with Crippen LogP contribution in [0.4, 0.5) is 0 Å². The van der Waals surface area contributed by atoms with Gasteiger partial charge in [-0.25, -0.2) is 0 Å². The van der Waals surface area contributed by atoms with Crippen LogP contribution in [0, 0.1) is 22.7 Å². The molecule has 4 atom stereocenters. The van der Waals surface area contributed by atoms with E-state index in [0.29, 0.717) is 10.8 Å². The molecule has 0 heterocycles. The van der Waals surface area contributed by atoms with Gasteiger partial charge in [-0.1, -0.05) is 51.8 Å². The Morgan fingerprint density at radius 1 is 1.28 bits per heavy atom. The SMILES string of the molecule is C=CCC[C@H]1C(=C)CC[C@]2(C)[C@@H](C)CCC[C@]12C. The Hall–Kier alpha value is -0.520. The highest BCUT2D eigenvalue weighted by atomic mass is 14.6. The molecule has 0 aromatic rings. The van der Waals surface area contributed by atoms with Crippen molar-refractivity contribution in [2.24, 2.45) is 22.7 Å². The molecular formula is C18H30. The molecule has 2 fully saturated rings. The fourth-order valence-corrected chi connectivity index (χ4v) is 4.90. The molecule has 0 aromatic carbocycles. The maximum Gasteiger partial charge on any atom is -0.0144 e. The Morgan fingerprint density at radius 3 is 2.67 bits per heavy atom. The van der Waals surface area contributed by atoms with Crippen LogP contribution in [0.3, 0.4) is 0 Å². The van der Waals surface area contributed by atoms with E-state index in [2.05, 4.69) is 40.0 Å². The summed E-state index contributed by atoms with van der Waals surface area (Å²) in [7, 11) is 0. The molecule has 0 N–H and O–H groups in total. The van der Waals surface area contributed by atoms with Gasteiger partial charge >= 0.3 is 0 Å². The maximum atomic E-state index is 4.41. The van der Waals surface area contributed by atoms with Crippen molar-refractivity contribution in [3.63, 3.8) is 0 Å². The van der Waals surface area contributed by atoms with Gasteiger partial charge in [0.15, 0.2) is 0 Å². The van der Waals surface area contributed by atoms with Crippen LogP contribution in [-0.4, -0.2) is 0 Å².